The maximum atomic E-state index is 13.4. The molecule has 3 rings (SSSR count). The molecule has 0 amide bonds. The lowest BCUT2D eigenvalue weighted by atomic mass is 9.81. The van der Waals surface area contributed by atoms with Crippen LogP contribution in [0, 0.1) is 5.82 Å². The topological polar surface area (TPSA) is 24.9 Å². The van der Waals surface area contributed by atoms with Gasteiger partial charge in [0.05, 0.1) is 5.51 Å². The quantitative estimate of drug-likeness (QED) is 0.899. The Bertz CT molecular complexity index is 512. The Morgan fingerprint density at radius 1 is 1.33 bits per heavy atom. The van der Waals surface area contributed by atoms with E-state index in [4.69, 9.17) is 0 Å². The third-order valence-corrected chi connectivity index (χ3v) is 4.48. The zero-order valence-corrected chi connectivity index (χ0v) is 10.8. The molecule has 0 bridgehead atoms. The molecule has 2 heterocycles. The van der Waals surface area contributed by atoms with Gasteiger partial charge in [-0.2, -0.15) is 0 Å². The van der Waals surface area contributed by atoms with Crippen molar-refractivity contribution < 1.29 is 4.39 Å². The molecule has 2 unspecified atom stereocenters. The number of hydrogen-bond acceptors (Lipinski definition) is 3. The molecule has 1 saturated heterocycles. The van der Waals surface area contributed by atoms with Crippen molar-refractivity contribution in [2.45, 2.75) is 18.3 Å². The summed E-state index contributed by atoms with van der Waals surface area (Å²) in [6.07, 6.45) is 3.04. The first-order valence-electron chi connectivity index (χ1n) is 6.19. The summed E-state index contributed by atoms with van der Waals surface area (Å²) in [6, 6.07) is 6.98. The second kappa shape index (κ2) is 5.16. The summed E-state index contributed by atoms with van der Waals surface area (Å²) in [5.74, 6) is 0.650. The Hall–Kier alpha value is -1.26. The standard InChI is InChI=1S/C14H15FN2S/c15-11-3-1-2-10(6-11)13-7-16-5-4-12(13)14-8-17-9-18-14/h1-3,6,8-9,12-13,16H,4-5,7H2. The number of nitrogens with one attached hydrogen (secondary N) is 1. The van der Waals surface area contributed by atoms with Gasteiger partial charge in [0.25, 0.3) is 0 Å². The minimum atomic E-state index is -0.152. The summed E-state index contributed by atoms with van der Waals surface area (Å²) < 4.78 is 13.4. The third-order valence-electron chi connectivity index (χ3n) is 3.58. The number of aromatic nitrogens is 1. The van der Waals surface area contributed by atoms with Crippen LogP contribution < -0.4 is 5.32 Å². The fourth-order valence-electron chi connectivity index (χ4n) is 2.70. The minimum absolute atomic E-state index is 0.152. The number of nitrogens with zero attached hydrogens (tertiary/aromatic N) is 1. The van der Waals surface area contributed by atoms with E-state index in [0.29, 0.717) is 11.8 Å². The Balaban J connectivity index is 1.93. The van der Waals surface area contributed by atoms with Gasteiger partial charge in [0.1, 0.15) is 5.82 Å². The molecule has 1 aliphatic heterocycles. The summed E-state index contributed by atoms with van der Waals surface area (Å²) in [7, 11) is 0. The molecule has 1 N–H and O–H groups in total. The summed E-state index contributed by atoms with van der Waals surface area (Å²) >= 11 is 1.70. The molecular formula is C14H15FN2S. The van der Waals surface area contributed by atoms with Gasteiger partial charge in [0, 0.05) is 29.5 Å². The number of thiazole rings is 1. The van der Waals surface area contributed by atoms with Crippen molar-refractivity contribution >= 4 is 11.3 Å². The second-order valence-electron chi connectivity index (χ2n) is 4.66. The van der Waals surface area contributed by atoms with Gasteiger partial charge < -0.3 is 5.32 Å². The third kappa shape index (κ3) is 2.31. The summed E-state index contributed by atoms with van der Waals surface area (Å²) in [6.45, 7) is 1.93. The van der Waals surface area contributed by atoms with Gasteiger partial charge in [0.15, 0.2) is 0 Å². The van der Waals surface area contributed by atoms with Crippen LogP contribution in [0.4, 0.5) is 4.39 Å². The van der Waals surface area contributed by atoms with Crippen LogP contribution in [0.25, 0.3) is 0 Å². The van der Waals surface area contributed by atoms with Crippen LogP contribution in [0.3, 0.4) is 0 Å². The molecule has 0 spiro atoms. The lowest BCUT2D eigenvalue weighted by molar-refractivity contribution is 0.407. The second-order valence-corrected chi connectivity index (χ2v) is 5.58. The highest BCUT2D eigenvalue weighted by Crippen LogP contribution is 2.38. The fourth-order valence-corrected chi connectivity index (χ4v) is 3.52. The molecule has 2 nitrogen and oxygen atoms in total. The zero-order chi connectivity index (χ0) is 12.4. The van der Waals surface area contributed by atoms with Crippen LogP contribution in [-0.2, 0) is 0 Å². The van der Waals surface area contributed by atoms with Crippen LogP contribution in [0.15, 0.2) is 36.0 Å². The highest BCUT2D eigenvalue weighted by Gasteiger charge is 2.28. The van der Waals surface area contributed by atoms with E-state index < -0.39 is 0 Å². The SMILES string of the molecule is Fc1cccc(C2CNCCC2c2cncs2)c1. The van der Waals surface area contributed by atoms with Gasteiger partial charge in [-0.15, -0.1) is 11.3 Å². The van der Waals surface area contributed by atoms with E-state index in [9.17, 15) is 4.39 Å². The number of benzene rings is 1. The molecule has 2 aromatic rings. The molecule has 18 heavy (non-hydrogen) atoms. The Morgan fingerprint density at radius 3 is 3.06 bits per heavy atom. The lowest BCUT2D eigenvalue weighted by Crippen LogP contribution is -2.33. The van der Waals surface area contributed by atoms with Crippen molar-refractivity contribution in [3.05, 3.63) is 52.2 Å². The van der Waals surface area contributed by atoms with Gasteiger partial charge in [-0.25, -0.2) is 4.39 Å². The normalized spacial score (nSPS) is 24.1. The molecule has 4 heteroatoms. The first-order valence-corrected chi connectivity index (χ1v) is 7.07. The number of halogens is 1. The molecule has 1 aromatic heterocycles. The van der Waals surface area contributed by atoms with Crippen molar-refractivity contribution in [3.63, 3.8) is 0 Å². The number of rotatable bonds is 2. The van der Waals surface area contributed by atoms with Gasteiger partial charge in [-0.05, 0) is 30.7 Å². The first-order chi connectivity index (χ1) is 8.84. The zero-order valence-electron chi connectivity index (χ0n) is 9.97. The Kier molecular flexibility index (Phi) is 3.39. The number of hydrogen-bond donors (Lipinski definition) is 1. The molecule has 1 aromatic carbocycles. The van der Waals surface area contributed by atoms with Gasteiger partial charge in [-0.3, -0.25) is 4.98 Å². The van der Waals surface area contributed by atoms with Gasteiger partial charge in [0.2, 0.25) is 0 Å². The van der Waals surface area contributed by atoms with E-state index >= 15 is 0 Å². The first kappa shape index (κ1) is 11.8. The molecule has 94 valence electrons. The average Bonchev–Trinajstić information content (AvgIpc) is 2.92. The monoisotopic (exact) mass is 262 g/mol. The Morgan fingerprint density at radius 2 is 2.28 bits per heavy atom. The van der Waals surface area contributed by atoms with E-state index in [1.807, 2.05) is 17.8 Å². The number of piperidine rings is 1. The largest absolute Gasteiger partial charge is 0.316 e. The summed E-state index contributed by atoms with van der Waals surface area (Å²) in [4.78, 5) is 5.48. The average molecular weight is 262 g/mol. The van der Waals surface area contributed by atoms with Crippen LogP contribution in [0.5, 0.6) is 0 Å². The van der Waals surface area contributed by atoms with Crippen molar-refractivity contribution in [1.29, 1.82) is 0 Å². The van der Waals surface area contributed by atoms with E-state index in [1.165, 1.54) is 10.9 Å². The van der Waals surface area contributed by atoms with Crippen molar-refractivity contribution in [2.24, 2.45) is 0 Å². The van der Waals surface area contributed by atoms with Crippen LogP contribution in [0.1, 0.15) is 28.7 Å². The molecule has 0 radical (unpaired) electrons. The van der Waals surface area contributed by atoms with Crippen molar-refractivity contribution in [2.75, 3.05) is 13.1 Å². The van der Waals surface area contributed by atoms with E-state index in [-0.39, 0.29) is 5.82 Å². The minimum Gasteiger partial charge on any atom is -0.316 e. The Labute approximate surface area is 110 Å². The van der Waals surface area contributed by atoms with Crippen LogP contribution in [0.2, 0.25) is 0 Å². The fraction of sp³-hybridized carbons (Fsp3) is 0.357. The molecule has 1 fully saturated rings. The van der Waals surface area contributed by atoms with Crippen molar-refractivity contribution in [1.82, 2.24) is 10.3 Å². The maximum absolute atomic E-state index is 13.4. The predicted molar refractivity (Wildman–Crippen MR) is 71.5 cm³/mol. The lowest BCUT2D eigenvalue weighted by Gasteiger charge is -2.31. The van der Waals surface area contributed by atoms with Crippen LogP contribution in [-0.4, -0.2) is 18.1 Å². The molecule has 1 aliphatic rings. The summed E-state index contributed by atoms with van der Waals surface area (Å²) in [5.41, 5.74) is 2.96. The molecule has 0 aliphatic carbocycles. The highest BCUT2D eigenvalue weighted by atomic mass is 32.1. The maximum Gasteiger partial charge on any atom is 0.123 e. The van der Waals surface area contributed by atoms with E-state index in [0.717, 1.165) is 25.1 Å². The van der Waals surface area contributed by atoms with Gasteiger partial charge >= 0.3 is 0 Å². The molecule has 0 saturated carbocycles. The van der Waals surface area contributed by atoms with Crippen molar-refractivity contribution in [3.8, 4) is 0 Å². The predicted octanol–water partition coefficient (Wildman–Crippen LogP) is 3.14. The van der Waals surface area contributed by atoms with E-state index in [2.05, 4.69) is 10.3 Å². The summed E-state index contributed by atoms with van der Waals surface area (Å²) in [5, 5.41) is 3.41. The van der Waals surface area contributed by atoms with E-state index in [1.54, 1.807) is 23.5 Å². The van der Waals surface area contributed by atoms with Crippen LogP contribution >= 0.6 is 11.3 Å². The smallest absolute Gasteiger partial charge is 0.123 e. The highest BCUT2D eigenvalue weighted by molar-refractivity contribution is 7.09. The van der Waals surface area contributed by atoms with Gasteiger partial charge in [-0.1, -0.05) is 12.1 Å². The molecule has 2 atom stereocenters. The molecular weight excluding hydrogens is 247 g/mol.